The lowest BCUT2D eigenvalue weighted by Crippen LogP contribution is -2.41. The van der Waals surface area contributed by atoms with Gasteiger partial charge in [-0.25, -0.2) is 4.79 Å². The van der Waals surface area contributed by atoms with Crippen LogP contribution in [0.3, 0.4) is 0 Å². The fraction of sp³-hybridized carbons (Fsp3) is 0.900. The van der Waals surface area contributed by atoms with Crippen molar-refractivity contribution in [1.29, 1.82) is 0 Å². The van der Waals surface area contributed by atoms with Crippen molar-refractivity contribution >= 4 is 6.03 Å². The summed E-state index contributed by atoms with van der Waals surface area (Å²) < 4.78 is 0. The van der Waals surface area contributed by atoms with Crippen LogP contribution in [0.4, 0.5) is 4.79 Å². The molecule has 3 N–H and O–H groups in total. The third-order valence-corrected chi connectivity index (χ3v) is 2.55. The molecule has 2 amide bonds. The molecule has 0 spiro atoms. The van der Waals surface area contributed by atoms with E-state index in [1.807, 2.05) is 0 Å². The van der Waals surface area contributed by atoms with Crippen LogP contribution >= 0.6 is 0 Å². The Labute approximate surface area is 90.8 Å². The molecular weight excluding hydrogens is 194 g/mol. The van der Waals surface area contributed by atoms with Crippen LogP contribution < -0.4 is 10.6 Å². The van der Waals surface area contributed by atoms with E-state index in [1.165, 1.54) is 12.8 Å². The number of carbonyl (C=O) groups is 1. The molecule has 0 aliphatic heterocycles. The van der Waals surface area contributed by atoms with Gasteiger partial charge < -0.3 is 15.7 Å². The van der Waals surface area contributed by atoms with Gasteiger partial charge in [0.25, 0.3) is 0 Å². The van der Waals surface area contributed by atoms with E-state index in [9.17, 15) is 4.79 Å². The lowest BCUT2D eigenvalue weighted by atomic mass is 10.4. The first kappa shape index (κ1) is 12.3. The molecule has 0 aromatic rings. The normalized spacial score (nSPS) is 15.4. The number of hydrogen-bond acceptors (Lipinski definition) is 3. The Kier molecular flexibility index (Phi) is 5.42. The van der Waals surface area contributed by atoms with Gasteiger partial charge in [-0.1, -0.05) is 6.92 Å². The van der Waals surface area contributed by atoms with Crippen LogP contribution in [-0.2, 0) is 0 Å². The number of rotatable bonds is 7. The van der Waals surface area contributed by atoms with Gasteiger partial charge in [0.05, 0.1) is 6.61 Å². The average molecular weight is 215 g/mol. The standard InChI is InChI=1S/C10H21N3O2/c1-2-13(9-3-4-9)7-5-11-10(15)12-6-8-14/h9,14H,2-8H2,1H3,(H2,11,12,15). The molecule has 0 aromatic heterocycles. The molecule has 1 saturated carbocycles. The van der Waals surface area contributed by atoms with E-state index in [4.69, 9.17) is 5.11 Å². The maximum absolute atomic E-state index is 11.1. The molecule has 0 saturated heterocycles. The van der Waals surface area contributed by atoms with Crippen LogP contribution in [-0.4, -0.2) is 54.9 Å². The van der Waals surface area contributed by atoms with Crippen molar-refractivity contribution in [3.8, 4) is 0 Å². The van der Waals surface area contributed by atoms with Gasteiger partial charge in [-0.2, -0.15) is 0 Å². The van der Waals surface area contributed by atoms with Crippen molar-refractivity contribution in [2.75, 3.05) is 32.8 Å². The summed E-state index contributed by atoms with van der Waals surface area (Å²) >= 11 is 0. The molecule has 0 atom stereocenters. The Morgan fingerprint density at radius 3 is 2.60 bits per heavy atom. The summed E-state index contributed by atoms with van der Waals surface area (Å²) in [5, 5.41) is 13.8. The highest BCUT2D eigenvalue weighted by Crippen LogP contribution is 2.25. The third kappa shape index (κ3) is 4.99. The second-order valence-electron chi connectivity index (χ2n) is 3.77. The fourth-order valence-corrected chi connectivity index (χ4v) is 1.58. The maximum Gasteiger partial charge on any atom is 0.314 e. The number of urea groups is 1. The average Bonchev–Trinajstić information content (AvgIpc) is 3.05. The van der Waals surface area contributed by atoms with Crippen molar-refractivity contribution in [3.63, 3.8) is 0 Å². The van der Waals surface area contributed by atoms with Crippen LogP contribution in [0.5, 0.6) is 0 Å². The van der Waals surface area contributed by atoms with Gasteiger partial charge in [-0.3, -0.25) is 4.90 Å². The van der Waals surface area contributed by atoms with E-state index in [1.54, 1.807) is 0 Å². The Hall–Kier alpha value is -0.810. The highest BCUT2D eigenvalue weighted by Gasteiger charge is 2.27. The second-order valence-corrected chi connectivity index (χ2v) is 3.77. The lowest BCUT2D eigenvalue weighted by molar-refractivity contribution is 0.229. The van der Waals surface area contributed by atoms with Crippen LogP contribution in [0.2, 0.25) is 0 Å². The number of hydrogen-bond donors (Lipinski definition) is 3. The van der Waals surface area contributed by atoms with Crippen LogP contribution in [0.25, 0.3) is 0 Å². The highest BCUT2D eigenvalue weighted by molar-refractivity contribution is 5.73. The van der Waals surface area contributed by atoms with Crippen LogP contribution in [0, 0.1) is 0 Å². The predicted octanol–water partition coefficient (Wildman–Crippen LogP) is -0.238. The van der Waals surface area contributed by atoms with Gasteiger partial charge >= 0.3 is 6.03 Å². The topological polar surface area (TPSA) is 64.6 Å². The van der Waals surface area contributed by atoms with Crippen molar-refractivity contribution in [2.24, 2.45) is 0 Å². The summed E-state index contributed by atoms with van der Waals surface area (Å²) in [5.41, 5.74) is 0. The minimum Gasteiger partial charge on any atom is -0.395 e. The summed E-state index contributed by atoms with van der Waals surface area (Å²) in [6.45, 7) is 5.06. The molecule has 88 valence electrons. The molecule has 1 aliphatic carbocycles. The largest absolute Gasteiger partial charge is 0.395 e. The van der Waals surface area contributed by atoms with E-state index >= 15 is 0 Å². The molecule has 5 nitrogen and oxygen atoms in total. The van der Waals surface area contributed by atoms with Crippen molar-refractivity contribution in [3.05, 3.63) is 0 Å². The molecule has 1 rings (SSSR count). The predicted molar refractivity (Wildman–Crippen MR) is 58.8 cm³/mol. The number of aliphatic hydroxyl groups excluding tert-OH is 1. The van der Waals surface area contributed by atoms with Gasteiger partial charge in [0.1, 0.15) is 0 Å². The smallest absolute Gasteiger partial charge is 0.314 e. The first-order valence-corrected chi connectivity index (χ1v) is 5.64. The van der Waals surface area contributed by atoms with E-state index in [-0.39, 0.29) is 12.6 Å². The van der Waals surface area contributed by atoms with Crippen LogP contribution in [0.1, 0.15) is 19.8 Å². The minimum absolute atomic E-state index is 0.0173. The number of likely N-dealkylation sites (N-methyl/N-ethyl adjacent to an activating group) is 1. The molecular formula is C10H21N3O2. The Morgan fingerprint density at radius 2 is 2.07 bits per heavy atom. The Balaban J connectivity index is 2.01. The van der Waals surface area contributed by atoms with Crippen molar-refractivity contribution in [2.45, 2.75) is 25.8 Å². The van der Waals surface area contributed by atoms with E-state index < -0.39 is 0 Å². The number of amides is 2. The second kappa shape index (κ2) is 6.63. The van der Waals surface area contributed by atoms with Crippen molar-refractivity contribution < 1.29 is 9.90 Å². The van der Waals surface area contributed by atoms with Gasteiger partial charge in [0.15, 0.2) is 0 Å². The molecule has 5 heteroatoms. The fourth-order valence-electron chi connectivity index (χ4n) is 1.58. The molecule has 0 heterocycles. The summed E-state index contributed by atoms with van der Waals surface area (Å²) in [6.07, 6.45) is 2.59. The quantitative estimate of drug-likeness (QED) is 0.549. The molecule has 0 radical (unpaired) electrons. The number of aliphatic hydroxyl groups is 1. The Bertz CT molecular complexity index is 195. The first-order chi connectivity index (χ1) is 7.27. The zero-order chi connectivity index (χ0) is 11.1. The van der Waals surface area contributed by atoms with Gasteiger partial charge in [0, 0.05) is 25.7 Å². The number of nitrogens with one attached hydrogen (secondary N) is 2. The zero-order valence-electron chi connectivity index (χ0n) is 9.33. The highest BCUT2D eigenvalue weighted by atomic mass is 16.3. The monoisotopic (exact) mass is 215 g/mol. The minimum atomic E-state index is -0.198. The molecule has 15 heavy (non-hydrogen) atoms. The van der Waals surface area contributed by atoms with E-state index in [0.717, 1.165) is 19.1 Å². The van der Waals surface area contributed by atoms with Gasteiger partial charge in [-0.05, 0) is 19.4 Å². The summed E-state index contributed by atoms with van der Waals surface area (Å²) in [4.78, 5) is 13.5. The third-order valence-electron chi connectivity index (χ3n) is 2.55. The summed E-state index contributed by atoms with van der Waals surface area (Å²) in [7, 11) is 0. The van der Waals surface area contributed by atoms with Crippen LogP contribution in [0.15, 0.2) is 0 Å². The summed E-state index contributed by atoms with van der Waals surface area (Å²) in [5.74, 6) is 0. The SMILES string of the molecule is CCN(CCNC(=O)NCCO)C1CC1. The first-order valence-electron chi connectivity index (χ1n) is 5.64. The zero-order valence-corrected chi connectivity index (χ0v) is 9.33. The number of carbonyl (C=O) groups excluding carboxylic acids is 1. The molecule has 0 bridgehead atoms. The summed E-state index contributed by atoms with van der Waals surface area (Å²) in [6, 6.07) is 0.549. The van der Waals surface area contributed by atoms with Gasteiger partial charge in [0.2, 0.25) is 0 Å². The maximum atomic E-state index is 11.1. The number of nitrogens with zero attached hydrogens (tertiary/aromatic N) is 1. The lowest BCUT2D eigenvalue weighted by Gasteiger charge is -2.19. The van der Waals surface area contributed by atoms with Crippen molar-refractivity contribution in [1.82, 2.24) is 15.5 Å². The van der Waals surface area contributed by atoms with Gasteiger partial charge in [-0.15, -0.1) is 0 Å². The molecule has 0 unspecified atom stereocenters. The Morgan fingerprint density at radius 1 is 1.40 bits per heavy atom. The van der Waals surface area contributed by atoms with E-state index in [0.29, 0.717) is 13.1 Å². The molecule has 1 aliphatic rings. The molecule has 0 aromatic carbocycles. The molecule has 1 fully saturated rings. The van der Waals surface area contributed by atoms with E-state index in [2.05, 4.69) is 22.5 Å².